The fourth-order valence-electron chi connectivity index (χ4n) is 5.05. The van der Waals surface area contributed by atoms with Gasteiger partial charge in [-0.2, -0.15) is 4.39 Å². The molecule has 1 unspecified atom stereocenters. The van der Waals surface area contributed by atoms with E-state index < -0.39 is 5.82 Å². The number of anilines is 4. The predicted octanol–water partition coefficient (Wildman–Crippen LogP) is 6.00. The summed E-state index contributed by atoms with van der Waals surface area (Å²) in [6.45, 7) is 2.69. The number of unbranched alkanes of at least 4 members (excludes halogenated alkanes) is 1. The van der Waals surface area contributed by atoms with Gasteiger partial charge in [0.25, 0.3) is 0 Å². The lowest BCUT2D eigenvalue weighted by molar-refractivity contribution is -0.116. The number of thiophene rings is 1. The maximum absolute atomic E-state index is 16.4. The largest absolute Gasteiger partial charge is 0.357 e. The SMILES string of the molecule is CCCCC(=O)Nc1cncc(-c2ncc3c(c2F)C(C2=CNc4c(cncc4-c4ccc(F)s4)N2)=NC2CN32)c1. The summed E-state index contributed by atoms with van der Waals surface area (Å²) in [5.74, 6) is -0.645. The van der Waals surface area contributed by atoms with Crippen LogP contribution >= 0.6 is 11.3 Å². The summed E-state index contributed by atoms with van der Waals surface area (Å²) in [7, 11) is 0. The number of nitrogens with zero attached hydrogens (tertiary/aromatic N) is 5. The van der Waals surface area contributed by atoms with Crippen molar-refractivity contribution in [3.05, 3.63) is 77.6 Å². The minimum absolute atomic E-state index is 0.0875. The molecule has 3 aliphatic heterocycles. The lowest BCUT2D eigenvalue weighted by Crippen LogP contribution is -2.25. The minimum atomic E-state index is -0.530. The number of hydrogen-bond donors (Lipinski definition) is 3. The summed E-state index contributed by atoms with van der Waals surface area (Å²) in [4.78, 5) is 32.8. The first-order valence-electron chi connectivity index (χ1n) is 13.3. The molecule has 7 rings (SSSR count). The van der Waals surface area contributed by atoms with E-state index in [1.54, 1.807) is 36.9 Å². The monoisotopic (exact) mass is 570 g/mol. The fraction of sp³-hybridized carbons (Fsp3) is 0.207. The molecule has 0 bridgehead atoms. The van der Waals surface area contributed by atoms with Crippen LogP contribution in [0.25, 0.3) is 21.7 Å². The van der Waals surface area contributed by atoms with Crippen LogP contribution in [0.15, 0.2) is 66.1 Å². The molecular formula is C29H24F2N8OS. The number of rotatable bonds is 7. The van der Waals surface area contributed by atoms with E-state index in [2.05, 4.69) is 30.9 Å². The van der Waals surface area contributed by atoms with Crippen molar-refractivity contribution in [2.45, 2.75) is 32.4 Å². The number of nitrogens with one attached hydrogen (secondary N) is 3. The van der Waals surface area contributed by atoms with E-state index in [0.29, 0.717) is 52.6 Å². The van der Waals surface area contributed by atoms with Crippen molar-refractivity contribution in [2.75, 3.05) is 27.4 Å². The quantitative estimate of drug-likeness (QED) is 0.234. The number of pyridine rings is 3. The second kappa shape index (κ2) is 10.0. The molecule has 41 heavy (non-hydrogen) atoms. The molecule has 0 aromatic carbocycles. The Morgan fingerprint density at radius 1 is 1.17 bits per heavy atom. The number of fused-ring (bicyclic) bond motifs is 4. The average molecular weight is 571 g/mol. The molecule has 1 atom stereocenters. The number of aromatic nitrogens is 3. The summed E-state index contributed by atoms with van der Waals surface area (Å²) in [5, 5.41) is 9.19. The highest BCUT2D eigenvalue weighted by Gasteiger charge is 2.43. The Labute approximate surface area is 238 Å². The van der Waals surface area contributed by atoms with Gasteiger partial charge in [0.1, 0.15) is 11.9 Å². The number of carbonyl (C=O) groups excluding carboxylic acids is 1. The summed E-state index contributed by atoms with van der Waals surface area (Å²) >= 11 is 1.04. The third-order valence-electron chi connectivity index (χ3n) is 7.13. The molecule has 3 aliphatic rings. The molecule has 0 spiro atoms. The van der Waals surface area contributed by atoms with E-state index in [9.17, 15) is 9.18 Å². The van der Waals surface area contributed by atoms with Crippen molar-refractivity contribution in [2.24, 2.45) is 4.99 Å². The first kappa shape index (κ1) is 25.3. The van der Waals surface area contributed by atoms with E-state index in [1.807, 2.05) is 11.8 Å². The molecule has 4 aromatic rings. The number of hydrogen-bond acceptors (Lipinski definition) is 9. The maximum atomic E-state index is 16.4. The highest BCUT2D eigenvalue weighted by molar-refractivity contribution is 7.14. The molecule has 1 saturated heterocycles. The van der Waals surface area contributed by atoms with Crippen LogP contribution < -0.4 is 20.9 Å². The highest BCUT2D eigenvalue weighted by Crippen LogP contribution is 2.43. The summed E-state index contributed by atoms with van der Waals surface area (Å²) in [6.07, 6.45) is 11.8. The normalized spacial score (nSPS) is 16.4. The molecule has 12 heteroatoms. The van der Waals surface area contributed by atoms with Crippen molar-refractivity contribution in [1.29, 1.82) is 0 Å². The zero-order chi connectivity index (χ0) is 28.1. The van der Waals surface area contributed by atoms with Crippen LogP contribution in [0.2, 0.25) is 0 Å². The Balaban J connectivity index is 1.22. The van der Waals surface area contributed by atoms with Crippen LogP contribution in [-0.2, 0) is 4.79 Å². The maximum Gasteiger partial charge on any atom is 0.224 e. The highest BCUT2D eigenvalue weighted by atomic mass is 32.1. The molecule has 0 saturated carbocycles. The van der Waals surface area contributed by atoms with Crippen LogP contribution in [0.5, 0.6) is 0 Å². The van der Waals surface area contributed by atoms with E-state index in [0.717, 1.165) is 40.3 Å². The van der Waals surface area contributed by atoms with Crippen LogP contribution in [-0.4, -0.2) is 39.3 Å². The Kier molecular flexibility index (Phi) is 6.19. The average Bonchev–Trinajstić information content (AvgIpc) is 3.65. The van der Waals surface area contributed by atoms with Crippen LogP contribution in [0.3, 0.4) is 0 Å². The number of aliphatic imine (C=N–C) groups is 1. The molecular weight excluding hydrogens is 546 g/mol. The summed E-state index contributed by atoms with van der Waals surface area (Å²) < 4.78 is 30.1. The third-order valence-corrected chi connectivity index (χ3v) is 8.04. The third kappa shape index (κ3) is 4.59. The van der Waals surface area contributed by atoms with Crippen molar-refractivity contribution in [3.8, 4) is 21.7 Å². The van der Waals surface area contributed by atoms with Gasteiger partial charge >= 0.3 is 0 Å². The van der Waals surface area contributed by atoms with Gasteiger partial charge in [-0.15, -0.1) is 11.3 Å². The zero-order valence-corrected chi connectivity index (χ0v) is 22.7. The van der Waals surface area contributed by atoms with Gasteiger partial charge in [-0.05, 0) is 24.6 Å². The van der Waals surface area contributed by atoms with E-state index >= 15 is 4.39 Å². The minimum Gasteiger partial charge on any atom is -0.357 e. The Morgan fingerprint density at radius 3 is 2.88 bits per heavy atom. The smallest absolute Gasteiger partial charge is 0.224 e. The van der Waals surface area contributed by atoms with Gasteiger partial charge in [-0.1, -0.05) is 13.3 Å². The molecule has 1 fully saturated rings. The van der Waals surface area contributed by atoms with Gasteiger partial charge in [0.2, 0.25) is 5.91 Å². The first-order valence-corrected chi connectivity index (χ1v) is 14.1. The Bertz CT molecular complexity index is 1770. The van der Waals surface area contributed by atoms with E-state index in [-0.39, 0.29) is 22.9 Å². The van der Waals surface area contributed by atoms with Crippen LogP contribution in [0.4, 0.5) is 31.5 Å². The molecule has 0 aliphatic carbocycles. The van der Waals surface area contributed by atoms with Gasteiger partial charge in [0, 0.05) is 41.0 Å². The lowest BCUT2D eigenvalue weighted by atomic mass is 10.00. The molecule has 9 nitrogen and oxygen atoms in total. The molecule has 4 aromatic heterocycles. The van der Waals surface area contributed by atoms with E-state index in [4.69, 9.17) is 4.99 Å². The summed E-state index contributed by atoms with van der Waals surface area (Å²) in [5.41, 5.74) is 5.23. The van der Waals surface area contributed by atoms with Crippen LogP contribution in [0, 0.1) is 10.9 Å². The molecule has 7 heterocycles. The van der Waals surface area contributed by atoms with Crippen LogP contribution in [0.1, 0.15) is 31.7 Å². The predicted molar refractivity (Wildman–Crippen MR) is 156 cm³/mol. The zero-order valence-electron chi connectivity index (χ0n) is 21.9. The number of allylic oxidation sites excluding steroid dienone is 1. The van der Waals surface area contributed by atoms with Gasteiger partial charge in [-0.25, -0.2) is 4.39 Å². The van der Waals surface area contributed by atoms with Crippen molar-refractivity contribution in [1.82, 2.24) is 15.0 Å². The number of carbonyl (C=O) groups is 1. The second-order valence-corrected chi connectivity index (χ2v) is 11.0. The van der Waals surface area contributed by atoms with Gasteiger partial charge in [0.15, 0.2) is 10.9 Å². The first-order chi connectivity index (χ1) is 20.0. The molecule has 206 valence electrons. The van der Waals surface area contributed by atoms with Crippen molar-refractivity contribution < 1.29 is 13.6 Å². The standard InChI is InChI=1S/C29H24F2N8OS/c1-2-3-4-24(40)36-16-7-15(8-32-9-16)27-26(31)25-20(13-35-27)39-14-23(39)38-29(25)19-12-34-28-17(10-33-11-18(28)37-19)21-5-6-22(30)41-21/h5-13,23,34,37H,2-4,14H2,1H3,(H,36,40). The molecule has 0 radical (unpaired) electrons. The lowest BCUT2D eigenvalue weighted by Gasteiger charge is -2.26. The second-order valence-electron chi connectivity index (χ2n) is 9.95. The van der Waals surface area contributed by atoms with Gasteiger partial charge in [0.05, 0.1) is 64.9 Å². The molecule has 3 N–H and O–H groups in total. The number of halogens is 2. The molecule has 1 amide bonds. The summed E-state index contributed by atoms with van der Waals surface area (Å²) in [6, 6.07) is 4.81. The van der Waals surface area contributed by atoms with Crippen molar-refractivity contribution in [3.63, 3.8) is 0 Å². The van der Waals surface area contributed by atoms with Gasteiger partial charge in [-0.3, -0.25) is 24.7 Å². The fourth-order valence-corrected chi connectivity index (χ4v) is 5.79. The topological polar surface area (TPSA) is 107 Å². The Morgan fingerprint density at radius 2 is 2.05 bits per heavy atom. The van der Waals surface area contributed by atoms with Gasteiger partial charge < -0.3 is 20.9 Å². The van der Waals surface area contributed by atoms with Crippen molar-refractivity contribution >= 4 is 45.7 Å². The Hall–Kier alpha value is -4.71. The number of amides is 1. The van der Waals surface area contributed by atoms with E-state index in [1.165, 1.54) is 18.5 Å².